The van der Waals surface area contributed by atoms with E-state index in [9.17, 15) is 9.18 Å². The lowest BCUT2D eigenvalue weighted by Crippen LogP contribution is -2.01. The van der Waals surface area contributed by atoms with E-state index in [1.165, 1.54) is 19.1 Å². The molecule has 2 nitrogen and oxygen atoms in total. The van der Waals surface area contributed by atoms with Crippen LogP contribution in [0.3, 0.4) is 0 Å². The summed E-state index contributed by atoms with van der Waals surface area (Å²) in [4.78, 5) is 10.6. The monoisotopic (exact) mass is 230 g/mol. The number of ketones is 1. The summed E-state index contributed by atoms with van der Waals surface area (Å²) in [5.41, 5.74) is 0. The van der Waals surface area contributed by atoms with Crippen LogP contribution in [0.5, 0.6) is 5.75 Å². The van der Waals surface area contributed by atoms with E-state index in [1.54, 1.807) is 6.07 Å². The van der Waals surface area contributed by atoms with Crippen molar-refractivity contribution in [1.29, 1.82) is 0 Å². The first-order chi connectivity index (χ1) is 7.09. The highest BCUT2D eigenvalue weighted by Gasteiger charge is 2.03. The number of halogens is 2. The molecule has 0 amide bonds. The quantitative estimate of drug-likeness (QED) is 0.726. The van der Waals surface area contributed by atoms with Gasteiger partial charge in [0.15, 0.2) is 11.6 Å². The van der Waals surface area contributed by atoms with Gasteiger partial charge in [-0.1, -0.05) is 11.6 Å². The third-order valence-electron chi connectivity index (χ3n) is 1.82. The lowest BCUT2D eigenvalue weighted by atomic mass is 10.2. The summed E-state index contributed by atoms with van der Waals surface area (Å²) in [6.45, 7) is 1.85. The van der Waals surface area contributed by atoms with Crippen LogP contribution in [-0.2, 0) is 4.79 Å². The molecule has 0 saturated heterocycles. The Morgan fingerprint density at radius 3 is 2.87 bits per heavy atom. The molecular weight excluding hydrogens is 219 g/mol. The summed E-state index contributed by atoms with van der Waals surface area (Å²) in [6.07, 6.45) is 1.05. The minimum atomic E-state index is -0.481. The molecule has 0 fully saturated rings. The van der Waals surface area contributed by atoms with Crippen molar-refractivity contribution in [2.75, 3.05) is 6.61 Å². The van der Waals surface area contributed by atoms with E-state index < -0.39 is 5.82 Å². The molecule has 0 aromatic heterocycles. The Kier molecular flexibility index (Phi) is 4.56. The van der Waals surface area contributed by atoms with Crippen LogP contribution in [0.2, 0.25) is 5.02 Å². The van der Waals surface area contributed by atoms with Crippen LogP contribution in [0, 0.1) is 5.82 Å². The number of hydrogen-bond donors (Lipinski definition) is 0. The topological polar surface area (TPSA) is 26.3 Å². The molecule has 0 N–H and O–H groups in total. The average Bonchev–Trinajstić information content (AvgIpc) is 2.14. The van der Waals surface area contributed by atoms with Crippen molar-refractivity contribution in [2.24, 2.45) is 0 Å². The third kappa shape index (κ3) is 4.30. The van der Waals surface area contributed by atoms with Crippen LogP contribution in [0.1, 0.15) is 19.8 Å². The van der Waals surface area contributed by atoms with Crippen LogP contribution >= 0.6 is 11.6 Å². The van der Waals surface area contributed by atoms with Gasteiger partial charge in [-0.25, -0.2) is 4.39 Å². The maximum absolute atomic E-state index is 13.2. The minimum absolute atomic E-state index is 0.107. The molecule has 1 aromatic carbocycles. The predicted octanol–water partition coefficient (Wildman–Crippen LogP) is 3.23. The largest absolute Gasteiger partial charge is 0.491 e. The van der Waals surface area contributed by atoms with E-state index in [2.05, 4.69) is 0 Å². The van der Waals surface area contributed by atoms with Gasteiger partial charge in [0, 0.05) is 11.4 Å². The van der Waals surface area contributed by atoms with Gasteiger partial charge in [0.25, 0.3) is 0 Å². The highest BCUT2D eigenvalue weighted by molar-refractivity contribution is 6.30. The highest BCUT2D eigenvalue weighted by atomic mass is 35.5. The second-order valence-electron chi connectivity index (χ2n) is 3.23. The van der Waals surface area contributed by atoms with Crippen LogP contribution in [0.4, 0.5) is 4.39 Å². The molecular formula is C11H12ClFO2. The lowest BCUT2D eigenvalue weighted by molar-refractivity contribution is -0.117. The van der Waals surface area contributed by atoms with Gasteiger partial charge in [0.05, 0.1) is 6.61 Å². The first kappa shape index (κ1) is 12.0. The fourth-order valence-electron chi connectivity index (χ4n) is 1.10. The summed E-state index contributed by atoms with van der Waals surface area (Å²) < 4.78 is 18.3. The van der Waals surface area contributed by atoms with Crippen molar-refractivity contribution < 1.29 is 13.9 Å². The molecule has 0 aliphatic carbocycles. The van der Waals surface area contributed by atoms with Gasteiger partial charge >= 0.3 is 0 Å². The Labute approximate surface area is 93.0 Å². The molecule has 15 heavy (non-hydrogen) atoms. The van der Waals surface area contributed by atoms with E-state index in [0.29, 0.717) is 24.5 Å². The minimum Gasteiger partial charge on any atom is -0.491 e. The molecule has 0 bridgehead atoms. The molecule has 0 radical (unpaired) electrons. The summed E-state index contributed by atoms with van der Waals surface area (Å²) in [5, 5.41) is 0.337. The third-order valence-corrected chi connectivity index (χ3v) is 2.06. The number of benzene rings is 1. The second kappa shape index (κ2) is 5.71. The van der Waals surface area contributed by atoms with Gasteiger partial charge in [-0.3, -0.25) is 0 Å². The smallest absolute Gasteiger partial charge is 0.166 e. The molecule has 0 saturated carbocycles. The Morgan fingerprint density at radius 2 is 2.27 bits per heavy atom. The van der Waals surface area contributed by atoms with Gasteiger partial charge in [-0.15, -0.1) is 0 Å². The molecule has 1 rings (SSSR count). The standard InChI is InChI=1S/C11H12ClFO2/c1-8(14)3-2-6-15-11-5-4-9(12)7-10(11)13/h4-5,7H,2-3,6H2,1H3. The molecule has 0 aliphatic heterocycles. The molecule has 1 aromatic rings. The number of carbonyl (C=O) groups is 1. The summed E-state index contributed by atoms with van der Waals surface area (Å²) in [5.74, 6) is -0.205. The van der Waals surface area contributed by atoms with Gasteiger partial charge in [-0.05, 0) is 31.5 Å². The van der Waals surface area contributed by atoms with Gasteiger partial charge in [-0.2, -0.15) is 0 Å². The number of rotatable bonds is 5. The van der Waals surface area contributed by atoms with Gasteiger partial charge in [0.2, 0.25) is 0 Å². The molecule has 0 aliphatic rings. The van der Waals surface area contributed by atoms with Crippen molar-refractivity contribution in [3.05, 3.63) is 29.0 Å². The first-order valence-electron chi connectivity index (χ1n) is 4.67. The van der Waals surface area contributed by atoms with Gasteiger partial charge in [0.1, 0.15) is 5.78 Å². The highest BCUT2D eigenvalue weighted by Crippen LogP contribution is 2.21. The van der Waals surface area contributed by atoms with Crippen LogP contribution in [-0.4, -0.2) is 12.4 Å². The maximum Gasteiger partial charge on any atom is 0.166 e. The van der Waals surface area contributed by atoms with Crippen molar-refractivity contribution in [2.45, 2.75) is 19.8 Å². The molecule has 4 heteroatoms. The zero-order valence-electron chi connectivity index (χ0n) is 8.43. The SMILES string of the molecule is CC(=O)CCCOc1ccc(Cl)cc1F. The molecule has 0 unspecified atom stereocenters. The fraction of sp³-hybridized carbons (Fsp3) is 0.364. The zero-order valence-corrected chi connectivity index (χ0v) is 9.18. The Bertz CT molecular complexity index is 352. The molecule has 0 spiro atoms. The van der Waals surface area contributed by atoms with Crippen LogP contribution < -0.4 is 4.74 Å². The molecule has 0 atom stereocenters. The predicted molar refractivity (Wildman–Crippen MR) is 56.8 cm³/mol. The maximum atomic E-state index is 13.2. The van der Waals surface area contributed by atoms with Crippen molar-refractivity contribution in [3.63, 3.8) is 0 Å². The summed E-state index contributed by atoms with van der Waals surface area (Å²) in [7, 11) is 0. The van der Waals surface area contributed by atoms with Crippen molar-refractivity contribution >= 4 is 17.4 Å². The number of ether oxygens (including phenoxy) is 1. The number of carbonyl (C=O) groups excluding carboxylic acids is 1. The van der Waals surface area contributed by atoms with E-state index in [-0.39, 0.29) is 11.5 Å². The second-order valence-corrected chi connectivity index (χ2v) is 3.67. The molecule has 82 valence electrons. The number of Topliss-reactive ketones (excluding diaryl/α,β-unsaturated/α-hetero) is 1. The summed E-state index contributed by atoms with van der Waals surface area (Å²) >= 11 is 5.58. The van der Waals surface area contributed by atoms with Crippen molar-refractivity contribution in [1.82, 2.24) is 0 Å². The Hall–Kier alpha value is -1.09. The molecule has 0 heterocycles. The van der Waals surface area contributed by atoms with Crippen LogP contribution in [0.15, 0.2) is 18.2 Å². The van der Waals surface area contributed by atoms with Gasteiger partial charge < -0.3 is 9.53 Å². The normalized spacial score (nSPS) is 10.1. The van der Waals surface area contributed by atoms with E-state index in [1.807, 2.05) is 0 Å². The van der Waals surface area contributed by atoms with E-state index in [4.69, 9.17) is 16.3 Å². The Balaban J connectivity index is 2.40. The number of hydrogen-bond acceptors (Lipinski definition) is 2. The fourth-order valence-corrected chi connectivity index (χ4v) is 1.25. The average molecular weight is 231 g/mol. The summed E-state index contributed by atoms with van der Waals surface area (Å²) in [6, 6.07) is 4.23. The lowest BCUT2D eigenvalue weighted by Gasteiger charge is -2.06. The van der Waals surface area contributed by atoms with E-state index in [0.717, 1.165) is 0 Å². The first-order valence-corrected chi connectivity index (χ1v) is 5.04. The Morgan fingerprint density at radius 1 is 1.53 bits per heavy atom. The van der Waals surface area contributed by atoms with Crippen molar-refractivity contribution in [3.8, 4) is 5.75 Å². The zero-order chi connectivity index (χ0) is 11.3. The van der Waals surface area contributed by atoms with Crippen LogP contribution in [0.25, 0.3) is 0 Å². The van der Waals surface area contributed by atoms with E-state index >= 15 is 0 Å².